The Morgan fingerprint density at radius 2 is 2.19 bits per heavy atom. The Bertz CT molecular complexity index is 403. The number of nitrogens with zero attached hydrogens (tertiary/aromatic N) is 1. The molecule has 4 nitrogen and oxygen atoms in total. The molecule has 1 aromatic rings. The van der Waals surface area contributed by atoms with Crippen molar-refractivity contribution < 1.29 is 15.0 Å². The van der Waals surface area contributed by atoms with Gasteiger partial charge in [-0.05, 0) is 29.5 Å². The van der Waals surface area contributed by atoms with Gasteiger partial charge in [-0.25, -0.2) is 4.79 Å². The number of rotatable bonds is 2. The molecule has 4 heteroatoms. The third-order valence-corrected chi connectivity index (χ3v) is 2.95. The monoisotopic (exact) mass is 221 g/mol. The molecule has 0 aliphatic carbocycles. The van der Waals surface area contributed by atoms with E-state index in [4.69, 9.17) is 10.2 Å². The van der Waals surface area contributed by atoms with Gasteiger partial charge >= 0.3 is 6.09 Å². The van der Waals surface area contributed by atoms with Gasteiger partial charge in [0, 0.05) is 19.7 Å². The molecule has 0 atom stereocenters. The summed E-state index contributed by atoms with van der Waals surface area (Å²) in [6, 6.07) is 6.05. The zero-order valence-corrected chi connectivity index (χ0v) is 9.02. The van der Waals surface area contributed by atoms with Crippen molar-refractivity contribution in [1.29, 1.82) is 0 Å². The second-order valence-corrected chi connectivity index (χ2v) is 4.03. The first-order chi connectivity index (χ1) is 7.70. The number of aliphatic hydroxyl groups excluding tert-OH is 1. The van der Waals surface area contributed by atoms with E-state index in [9.17, 15) is 4.79 Å². The van der Waals surface area contributed by atoms with Crippen LogP contribution in [0.5, 0.6) is 0 Å². The normalized spacial score (nSPS) is 14.7. The topological polar surface area (TPSA) is 60.8 Å². The summed E-state index contributed by atoms with van der Waals surface area (Å²) in [4.78, 5) is 12.3. The molecular weight excluding hydrogens is 206 g/mol. The van der Waals surface area contributed by atoms with E-state index in [1.165, 1.54) is 10.5 Å². The first kappa shape index (κ1) is 11.0. The molecule has 16 heavy (non-hydrogen) atoms. The predicted octanol–water partition coefficient (Wildman–Crippen LogP) is 1.26. The van der Waals surface area contributed by atoms with Gasteiger partial charge in [0.15, 0.2) is 0 Å². The first-order valence-corrected chi connectivity index (χ1v) is 5.40. The van der Waals surface area contributed by atoms with Gasteiger partial charge in [-0.2, -0.15) is 0 Å². The summed E-state index contributed by atoms with van der Waals surface area (Å²) in [6.45, 7) is 1.16. The molecule has 0 radical (unpaired) electrons. The highest BCUT2D eigenvalue weighted by Crippen LogP contribution is 2.20. The minimum absolute atomic E-state index is 0.126. The molecule has 0 saturated carbocycles. The summed E-state index contributed by atoms with van der Waals surface area (Å²) in [7, 11) is 0. The van der Waals surface area contributed by atoms with Gasteiger partial charge in [-0.1, -0.05) is 18.2 Å². The van der Waals surface area contributed by atoms with Crippen molar-refractivity contribution >= 4 is 6.09 Å². The molecular formula is C12H15NO3. The van der Waals surface area contributed by atoms with Gasteiger partial charge in [-0.3, -0.25) is 0 Å². The molecule has 1 amide bonds. The van der Waals surface area contributed by atoms with Crippen molar-refractivity contribution in [2.24, 2.45) is 0 Å². The zero-order valence-electron chi connectivity index (χ0n) is 9.02. The maximum atomic E-state index is 10.9. The summed E-state index contributed by atoms with van der Waals surface area (Å²) in [5.74, 6) is 0. The smallest absolute Gasteiger partial charge is 0.407 e. The quantitative estimate of drug-likeness (QED) is 0.790. The van der Waals surface area contributed by atoms with E-state index in [1.807, 2.05) is 18.2 Å². The molecule has 1 heterocycles. The fraction of sp³-hybridized carbons (Fsp3) is 0.417. The average Bonchev–Trinajstić information content (AvgIpc) is 2.28. The number of aliphatic hydroxyl groups is 1. The molecule has 1 aromatic carbocycles. The van der Waals surface area contributed by atoms with Gasteiger partial charge in [-0.15, -0.1) is 0 Å². The molecule has 0 unspecified atom stereocenters. The second-order valence-electron chi connectivity index (χ2n) is 4.03. The van der Waals surface area contributed by atoms with Crippen molar-refractivity contribution in [3.8, 4) is 0 Å². The van der Waals surface area contributed by atoms with Gasteiger partial charge in [0.2, 0.25) is 0 Å². The third-order valence-electron chi connectivity index (χ3n) is 2.95. The Morgan fingerprint density at radius 1 is 1.38 bits per heavy atom. The highest BCUT2D eigenvalue weighted by atomic mass is 16.4. The second kappa shape index (κ2) is 4.53. The Kier molecular flexibility index (Phi) is 3.10. The van der Waals surface area contributed by atoms with Crippen LogP contribution < -0.4 is 0 Å². The number of hydrogen-bond acceptors (Lipinski definition) is 2. The van der Waals surface area contributed by atoms with Crippen molar-refractivity contribution in [2.45, 2.75) is 19.4 Å². The van der Waals surface area contributed by atoms with Gasteiger partial charge in [0.05, 0.1) is 0 Å². The van der Waals surface area contributed by atoms with Crippen LogP contribution in [0.2, 0.25) is 0 Å². The predicted molar refractivity (Wildman–Crippen MR) is 59.4 cm³/mol. The molecule has 0 fully saturated rings. The number of carbonyl (C=O) groups is 1. The summed E-state index contributed by atoms with van der Waals surface area (Å²) in [5, 5.41) is 17.8. The lowest BCUT2D eigenvalue weighted by Crippen LogP contribution is -2.34. The van der Waals surface area contributed by atoms with Crippen LogP contribution in [0, 0.1) is 0 Å². The molecule has 2 rings (SSSR count). The van der Waals surface area contributed by atoms with Crippen LogP contribution in [0.25, 0.3) is 0 Å². The Labute approximate surface area is 94.1 Å². The molecule has 0 bridgehead atoms. The maximum absolute atomic E-state index is 10.9. The van der Waals surface area contributed by atoms with Crippen LogP contribution >= 0.6 is 0 Å². The SMILES string of the molecule is O=C(O)N1CCc2ccc(CCO)cc2C1. The van der Waals surface area contributed by atoms with Crippen LogP contribution in [-0.4, -0.2) is 34.4 Å². The van der Waals surface area contributed by atoms with Crippen molar-refractivity contribution in [3.05, 3.63) is 34.9 Å². The van der Waals surface area contributed by atoms with E-state index in [2.05, 4.69) is 0 Å². The van der Waals surface area contributed by atoms with Crippen LogP contribution in [0.1, 0.15) is 16.7 Å². The van der Waals surface area contributed by atoms with E-state index < -0.39 is 6.09 Å². The van der Waals surface area contributed by atoms with Crippen molar-refractivity contribution in [1.82, 2.24) is 4.90 Å². The van der Waals surface area contributed by atoms with Gasteiger partial charge in [0.25, 0.3) is 0 Å². The maximum Gasteiger partial charge on any atom is 0.407 e. The van der Waals surface area contributed by atoms with Crippen molar-refractivity contribution in [3.63, 3.8) is 0 Å². The molecule has 0 spiro atoms. The zero-order chi connectivity index (χ0) is 11.5. The summed E-state index contributed by atoms with van der Waals surface area (Å²) < 4.78 is 0. The Balaban J connectivity index is 2.21. The first-order valence-electron chi connectivity index (χ1n) is 5.40. The minimum atomic E-state index is -0.863. The molecule has 1 aliphatic rings. The summed E-state index contributed by atoms with van der Waals surface area (Å²) >= 11 is 0. The molecule has 0 saturated heterocycles. The van der Waals surface area contributed by atoms with E-state index >= 15 is 0 Å². The van der Waals surface area contributed by atoms with Crippen LogP contribution in [0.4, 0.5) is 4.79 Å². The molecule has 86 valence electrons. The van der Waals surface area contributed by atoms with Gasteiger partial charge < -0.3 is 15.1 Å². The van der Waals surface area contributed by atoms with E-state index in [-0.39, 0.29) is 6.61 Å². The third kappa shape index (κ3) is 2.17. The number of amides is 1. The standard InChI is InChI=1S/C12H15NO3/c14-6-4-9-1-2-10-3-5-13(12(15)16)8-11(10)7-9/h1-2,7,14H,3-6,8H2,(H,15,16). The largest absolute Gasteiger partial charge is 0.465 e. The Morgan fingerprint density at radius 3 is 2.88 bits per heavy atom. The Hall–Kier alpha value is -1.55. The lowest BCUT2D eigenvalue weighted by molar-refractivity contribution is 0.140. The van der Waals surface area contributed by atoms with Crippen LogP contribution in [-0.2, 0) is 19.4 Å². The number of hydrogen-bond donors (Lipinski definition) is 2. The van der Waals surface area contributed by atoms with Crippen LogP contribution in [0.3, 0.4) is 0 Å². The molecule has 1 aliphatic heterocycles. The van der Waals surface area contributed by atoms with E-state index in [0.29, 0.717) is 19.5 Å². The minimum Gasteiger partial charge on any atom is -0.465 e. The lowest BCUT2D eigenvalue weighted by Gasteiger charge is -2.26. The van der Waals surface area contributed by atoms with Crippen molar-refractivity contribution in [2.75, 3.05) is 13.2 Å². The highest BCUT2D eigenvalue weighted by Gasteiger charge is 2.19. The highest BCUT2D eigenvalue weighted by molar-refractivity contribution is 5.65. The van der Waals surface area contributed by atoms with Crippen LogP contribution in [0.15, 0.2) is 18.2 Å². The molecule has 2 N–H and O–H groups in total. The van der Waals surface area contributed by atoms with Gasteiger partial charge in [0.1, 0.15) is 0 Å². The van der Waals surface area contributed by atoms with E-state index in [1.54, 1.807) is 0 Å². The number of fused-ring (bicyclic) bond motifs is 1. The average molecular weight is 221 g/mol. The number of benzene rings is 1. The fourth-order valence-electron chi connectivity index (χ4n) is 2.06. The fourth-order valence-corrected chi connectivity index (χ4v) is 2.06. The number of carboxylic acid groups (broad SMARTS) is 1. The molecule has 0 aromatic heterocycles. The lowest BCUT2D eigenvalue weighted by atomic mass is 9.97. The van der Waals surface area contributed by atoms with E-state index in [0.717, 1.165) is 17.5 Å². The summed E-state index contributed by atoms with van der Waals surface area (Å²) in [6.07, 6.45) is 0.541. The summed E-state index contributed by atoms with van der Waals surface area (Å²) in [5.41, 5.74) is 3.35.